The summed E-state index contributed by atoms with van der Waals surface area (Å²) in [6.45, 7) is 11.8. The lowest BCUT2D eigenvalue weighted by Crippen LogP contribution is -2.49. The Bertz CT molecular complexity index is 1490. The zero-order valence-corrected chi connectivity index (χ0v) is 24.3. The third-order valence-corrected chi connectivity index (χ3v) is 8.61. The van der Waals surface area contributed by atoms with E-state index in [1.807, 2.05) is 0 Å². The number of carboxylic acids is 1. The number of H-pyrrole nitrogens is 1. The number of aromatic nitrogens is 2. The van der Waals surface area contributed by atoms with E-state index in [0.717, 1.165) is 93.9 Å². The van der Waals surface area contributed by atoms with Crippen molar-refractivity contribution in [2.24, 2.45) is 0 Å². The summed E-state index contributed by atoms with van der Waals surface area (Å²) in [5, 5.41) is 7.12. The third-order valence-electron chi connectivity index (χ3n) is 7.47. The molecule has 6 rings (SSSR count). The van der Waals surface area contributed by atoms with Gasteiger partial charge in [-0.1, -0.05) is 24.3 Å². The van der Waals surface area contributed by atoms with Crippen molar-refractivity contribution in [3.05, 3.63) is 66.0 Å². The lowest BCUT2D eigenvalue weighted by molar-refractivity contribution is -0.192. The number of rotatable bonds is 7. The van der Waals surface area contributed by atoms with Crippen LogP contribution in [0.15, 0.2) is 54.6 Å². The maximum Gasteiger partial charge on any atom is 0.490 e. The smallest absolute Gasteiger partial charge is 0.475 e. The molecule has 2 aliphatic rings. The molecule has 4 heterocycles. The van der Waals surface area contributed by atoms with Gasteiger partial charge in [-0.05, 0) is 41.5 Å². The van der Waals surface area contributed by atoms with Crippen LogP contribution in [0.4, 0.5) is 17.6 Å². The summed E-state index contributed by atoms with van der Waals surface area (Å²) in [6.07, 6.45) is -5.08. The van der Waals surface area contributed by atoms with E-state index in [1.54, 1.807) is 17.4 Å². The molecule has 0 spiro atoms. The lowest BCUT2D eigenvalue weighted by Gasteiger charge is -2.36. The fourth-order valence-electron chi connectivity index (χ4n) is 5.03. The number of aliphatic carboxylic acids is 1. The predicted molar refractivity (Wildman–Crippen MR) is 157 cm³/mol. The molecule has 2 aromatic carbocycles. The summed E-state index contributed by atoms with van der Waals surface area (Å²) in [5.41, 5.74) is 4.08. The summed E-state index contributed by atoms with van der Waals surface area (Å²) in [4.78, 5) is 26.7. The number of alkyl halides is 3. The number of carboxylic acid groups (broad SMARTS) is 1. The van der Waals surface area contributed by atoms with Crippen LogP contribution in [0.25, 0.3) is 32.2 Å². The number of hydrogen-bond acceptors (Lipinski definition) is 7. The van der Waals surface area contributed by atoms with Gasteiger partial charge in [0.1, 0.15) is 11.6 Å². The van der Waals surface area contributed by atoms with Gasteiger partial charge in [-0.2, -0.15) is 13.2 Å². The molecule has 2 aromatic heterocycles. The highest BCUT2D eigenvalue weighted by atomic mass is 32.1. The highest BCUT2D eigenvalue weighted by molar-refractivity contribution is 7.18. The first-order valence-electron chi connectivity index (χ1n) is 14.0. The van der Waals surface area contributed by atoms with Crippen molar-refractivity contribution in [1.29, 1.82) is 0 Å². The molecule has 0 atom stereocenters. The summed E-state index contributed by atoms with van der Waals surface area (Å²) in [5.74, 6) is -2.23. The molecule has 8 nitrogen and oxygen atoms in total. The highest BCUT2D eigenvalue weighted by Gasteiger charge is 2.38. The average Bonchev–Trinajstić information content (AvgIpc) is 3.65. The number of piperazine rings is 1. The molecule has 230 valence electrons. The highest BCUT2D eigenvalue weighted by Crippen LogP contribution is 2.34. The second-order valence-electron chi connectivity index (χ2n) is 10.5. The molecule has 2 saturated heterocycles. The zero-order valence-electron chi connectivity index (χ0n) is 23.4. The molecule has 0 amide bonds. The average molecular weight is 620 g/mol. The van der Waals surface area contributed by atoms with Crippen molar-refractivity contribution in [3.63, 3.8) is 0 Å². The van der Waals surface area contributed by atoms with Crippen LogP contribution in [0.5, 0.6) is 0 Å². The van der Waals surface area contributed by atoms with E-state index >= 15 is 0 Å². The molecule has 0 bridgehead atoms. The fourth-order valence-corrected chi connectivity index (χ4v) is 5.99. The number of ether oxygens (including phenoxy) is 1. The lowest BCUT2D eigenvalue weighted by atomic mass is 10.1. The maximum atomic E-state index is 13.5. The zero-order chi connectivity index (χ0) is 30.4. The summed E-state index contributed by atoms with van der Waals surface area (Å²) in [6, 6.07) is 17.8. The van der Waals surface area contributed by atoms with Gasteiger partial charge in [-0.3, -0.25) is 14.7 Å². The van der Waals surface area contributed by atoms with Gasteiger partial charge in [-0.25, -0.2) is 14.2 Å². The fraction of sp³-hybridized carbons (Fsp3) is 0.400. The van der Waals surface area contributed by atoms with Crippen LogP contribution in [0, 0.1) is 5.82 Å². The van der Waals surface area contributed by atoms with Crippen molar-refractivity contribution in [2.75, 3.05) is 65.6 Å². The van der Waals surface area contributed by atoms with Crippen LogP contribution in [0.3, 0.4) is 0 Å². The SMILES string of the molecule is Fc1ccc2nc(-c3ccc(-c4ccc(CN5CCN(CCN6CCOCC6)CC5)cc4)s3)[nH]c2c1.O=C(O)C(F)(F)F. The molecule has 43 heavy (non-hydrogen) atoms. The van der Waals surface area contributed by atoms with Crippen LogP contribution in [0.1, 0.15) is 5.56 Å². The summed E-state index contributed by atoms with van der Waals surface area (Å²) < 4.78 is 50.7. The van der Waals surface area contributed by atoms with E-state index in [4.69, 9.17) is 14.6 Å². The van der Waals surface area contributed by atoms with Gasteiger partial charge >= 0.3 is 12.1 Å². The molecule has 2 N–H and O–H groups in total. The monoisotopic (exact) mass is 619 g/mol. The van der Waals surface area contributed by atoms with E-state index in [1.165, 1.54) is 28.1 Å². The van der Waals surface area contributed by atoms with Crippen molar-refractivity contribution >= 4 is 28.3 Å². The minimum absolute atomic E-state index is 0.254. The topological polar surface area (TPSA) is 84.9 Å². The van der Waals surface area contributed by atoms with Gasteiger partial charge in [0.25, 0.3) is 0 Å². The standard InChI is InChI=1S/C28H32FN5OS.C2HF3O2/c29-23-5-6-24-25(19-23)31-28(30-24)27-8-7-26(36-27)22-3-1-21(2-4-22)20-34-13-11-32(12-14-34)9-10-33-15-17-35-18-16-33;3-2(4,5)1(6)7/h1-8,19H,9-18,20H2,(H,30,31);(H,6,7). The number of thiophene rings is 1. The molecule has 0 radical (unpaired) electrons. The number of imidazole rings is 1. The molecule has 2 aliphatic heterocycles. The van der Waals surface area contributed by atoms with Crippen molar-refractivity contribution in [2.45, 2.75) is 12.7 Å². The summed E-state index contributed by atoms with van der Waals surface area (Å²) in [7, 11) is 0. The predicted octanol–water partition coefficient (Wildman–Crippen LogP) is 5.18. The largest absolute Gasteiger partial charge is 0.490 e. The van der Waals surface area contributed by atoms with Crippen molar-refractivity contribution < 1.29 is 32.2 Å². The Kier molecular flexibility index (Phi) is 10.1. The van der Waals surface area contributed by atoms with Crippen molar-refractivity contribution in [3.8, 4) is 21.1 Å². The Morgan fingerprint density at radius 3 is 2.14 bits per heavy atom. The van der Waals surface area contributed by atoms with Gasteiger partial charge in [0.2, 0.25) is 0 Å². The van der Waals surface area contributed by atoms with Gasteiger partial charge < -0.3 is 14.8 Å². The van der Waals surface area contributed by atoms with E-state index in [9.17, 15) is 17.6 Å². The van der Waals surface area contributed by atoms with Crippen LogP contribution < -0.4 is 0 Å². The normalized spacial score (nSPS) is 17.1. The Hall–Kier alpha value is -3.36. The van der Waals surface area contributed by atoms with Crippen LogP contribution in [0.2, 0.25) is 0 Å². The van der Waals surface area contributed by atoms with Crippen molar-refractivity contribution in [1.82, 2.24) is 24.7 Å². The van der Waals surface area contributed by atoms with E-state index in [-0.39, 0.29) is 5.82 Å². The Morgan fingerprint density at radius 2 is 1.49 bits per heavy atom. The molecule has 0 saturated carbocycles. The molecule has 2 fully saturated rings. The van der Waals surface area contributed by atoms with Gasteiger partial charge in [0, 0.05) is 63.8 Å². The van der Waals surface area contributed by atoms with E-state index in [0.29, 0.717) is 0 Å². The first-order valence-corrected chi connectivity index (χ1v) is 14.9. The summed E-state index contributed by atoms with van der Waals surface area (Å²) >= 11 is 1.70. The molecule has 4 aromatic rings. The van der Waals surface area contributed by atoms with Gasteiger partial charge in [-0.15, -0.1) is 11.3 Å². The minimum Gasteiger partial charge on any atom is -0.475 e. The molecule has 0 unspecified atom stereocenters. The van der Waals surface area contributed by atoms with Crippen LogP contribution in [-0.2, 0) is 16.1 Å². The number of halogens is 4. The van der Waals surface area contributed by atoms with E-state index < -0.39 is 12.1 Å². The number of aromatic amines is 1. The molecular formula is C30H33F4N5O3S. The molecule has 13 heteroatoms. The minimum atomic E-state index is -5.08. The quantitative estimate of drug-likeness (QED) is 0.276. The number of morpholine rings is 1. The number of fused-ring (bicyclic) bond motifs is 1. The van der Waals surface area contributed by atoms with Crippen LogP contribution >= 0.6 is 11.3 Å². The van der Waals surface area contributed by atoms with Gasteiger partial charge in [0.05, 0.1) is 29.1 Å². The van der Waals surface area contributed by atoms with E-state index in [2.05, 4.69) is 61.1 Å². The molecule has 0 aliphatic carbocycles. The Morgan fingerprint density at radius 1 is 0.884 bits per heavy atom. The first-order chi connectivity index (χ1) is 20.6. The first kappa shape index (κ1) is 31.1. The van der Waals surface area contributed by atoms with Gasteiger partial charge in [0.15, 0.2) is 0 Å². The number of hydrogen-bond donors (Lipinski definition) is 2. The van der Waals surface area contributed by atoms with Crippen LogP contribution in [-0.4, -0.2) is 107 Å². The number of nitrogens with zero attached hydrogens (tertiary/aromatic N) is 4. The third kappa shape index (κ3) is 8.61. The molecular weight excluding hydrogens is 586 g/mol. The second kappa shape index (κ2) is 14.0. The maximum absolute atomic E-state index is 13.5. The Labute approximate surface area is 250 Å². The Balaban J connectivity index is 0.000000472. The second-order valence-corrected chi connectivity index (χ2v) is 11.6. The number of benzene rings is 2. The number of carbonyl (C=O) groups is 1. The number of nitrogens with one attached hydrogen (secondary N) is 1.